The number of carbonyl (C=O) groups excluding carboxylic acids is 1. The number of fused-ring (bicyclic) bond motifs is 3. The van der Waals surface area contributed by atoms with Crippen LogP contribution in [0.2, 0.25) is 10.0 Å². The Morgan fingerprint density at radius 3 is 2.72 bits per heavy atom. The van der Waals surface area contributed by atoms with E-state index in [1.165, 1.54) is 0 Å². The maximum Gasteiger partial charge on any atom is 0.226 e. The summed E-state index contributed by atoms with van der Waals surface area (Å²) in [5.41, 5.74) is 4.61. The lowest BCUT2D eigenvalue weighted by Crippen LogP contribution is -2.34. The molecule has 4 heterocycles. The minimum atomic E-state index is -0.460. The van der Waals surface area contributed by atoms with E-state index in [1.807, 2.05) is 13.0 Å². The minimum Gasteiger partial charge on any atom is -0.337 e. The zero-order chi connectivity index (χ0) is 30.0. The third-order valence-corrected chi connectivity index (χ3v) is 10.5. The molecule has 0 bridgehead atoms. The number of hydrogen-bond acceptors (Lipinski definition) is 4. The van der Waals surface area contributed by atoms with E-state index in [1.54, 1.807) is 18.2 Å². The van der Waals surface area contributed by atoms with E-state index in [0.29, 0.717) is 28.1 Å². The van der Waals surface area contributed by atoms with E-state index in [4.69, 9.17) is 28.2 Å². The molecule has 9 heteroatoms. The van der Waals surface area contributed by atoms with Crippen molar-refractivity contribution in [2.75, 3.05) is 13.1 Å². The molecule has 1 aliphatic carbocycles. The van der Waals surface area contributed by atoms with Gasteiger partial charge in [-0.2, -0.15) is 5.26 Å². The summed E-state index contributed by atoms with van der Waals surface area (Å²) in [4.78, 5) is 20.3. The molecular formula is C34H34Cl2FN5O. The second-order valence-corrected chi connectivity index (χ2v) is 13.1. The summed E-state index contributed by atoms with van der Waals surface area (Å²) >= 11 is 13.0. The molecule has 2 saturated heterocycles. The first-order valence-electron chi connectivity index (χ1n) is 15.3. The first-order valence-corrected chi connectivity index (χ1v) is 16.1. The molecule has 4 aromatic rings. The lowest BCUT2D eigenvalue weighted by Gasteiger charge is -2.30. The van der Waals surface area contributed by atoms with Crippen LogP contribution in [-0.4, -0.2) is 39.5 Å². The van der Waals surface area contributed by atoms with Crippen molar-refractivity contribution in [1.29, 1.82) is 5.26 Å². The fraction of sp³-hybridized carbons (Fsp3) is 0.441. The fourth-order valence-corrected chi connectivity index (χ4v) is 7.79. The van der Waals surface area contributed by atoms with Gasteiger partial charge < -0.3 is 14.8 Å². The van der Waals surface area contributed by atoms with E-state index in [9.17, 15) is 10.1 Å². The number of nitrogens with one attached hydrogen (secondary N) is 1. The van der Waals surface area contributed by atoms with Crippen molar-refractivity contribution in [1.82, 2.24) is 19.8 Å². The van der Waals surface area contributed by atoms with Gasteiger partial charge in [0.15, 0.2) is 5.82 Å². The molecule has 3 aliphatic rings. The number of aromatic nitrogens is 2. The van der Waals surface area contributed by atoms with Crippen molar-refractivity contribution in [3.8, 4) is 17.2 Å². The van der Waals surface area contributed by atoms with Gasteiger partial charge in [-0.1, -0.05) is 35.3 Å². The van der Waals surface area contributed by atoms with Crippen LogP contribution in [0, 0.1) is 30.0 Å². The van der Waals surface area contributed by atoms with Crippen molar-refractivity contribution in [2.24, 2.45) is 5.92 Å². The van der Waals surface area contributed by atoms with E-state index >= 15 is 4.39 Å². The molecule has 43 heavy (non-hydrogen) atoms. The quantitative estimate of drug-likeness (QED) is 0.237. The summed E-state index contributed by atoms with van der Waals surface area (Å²) < 4.78 is 19.3. The van der Waals surface area contributed by atoms with Crippen molar-refractivity contribution in [2.45, 2.75) is 76.9 Å². The van der Waals surface area contributed by atoms with Crippen LogP contribution in [0.3, 0.4) is 0 Å². The van der Waals surface area contributed by atoms with Gasteiger partial charge in [-0.25, -0.2) is 9.37 Å². The Bertz CT molecular complexity index is 1820. The van der Waals surface area contributed by atoms with Crippen molar-refractivity contribution in [3.05, 3.63) is 63.1 Å². The van der Waals surface area contributed by atoms with Gasteiger partial charge in [0, 0.05) is 58.2 Å². The number of nitrogens with zero attached hydrogens (tertiary/aromatic N) is 4. The number of halogens is 3. The average molecular weight is 619 g/mol. The van der Waals surface area contributed by atoms with Crippen LogP contribution >= 0.6 is 23.2 Å². The Hall–Kier alpha value is -3.18. The normalized spacial score (nSPS) is 22.1. The van der Waals surface area contributed by atoms with E-state index < -0.39 is 5.82 Å². The number of rotatable bonds is 6. The van der Waals surface area contributed by atoms with Gasteiger partial charge in [0.25, 0.3) is 0 Å². The van der Waals surface area contributed by atoms with Crippen LogP contribution < -0.4 is 5.32 Å². The Balaban J connectivity index is 1.53. The maximum absolute atomic E-state index is 16.9. The fourth-order valence-electron chi connectivity index (χ4n) is 7.40. The zero-order valence-electron chi connectivity index (χ0n) is 24.4. The Morgan fingerprint density at radius 2 is 2.00 bits per heavy atom. The van der Waals surface area contributed by atoms with Crippen LogP contribution in [0.15, 0.2) is 30.3 Å². The number of amides is 1. The highest BCUT2D eigenvalue weighted by Crippen LogP contribution is 2.46. The first kappa shape index (κ1) is 28.6. The molecule has 6 nitrogen and oxygen atoms in total. The lowest BCUT2D eigenvalue weighted by atomic mass is 9.93. The molecule has 2 aliphatic heterocycles. The van der Waals surface area contributed by atoms with Gasteiger partial charge in [0.05, 0.1) is 33.7 Å². The number of benzene rings is 2. The predicted octanol–water partition coefficient (Wildman–Crippen LogP) is 8.06. The molecule has 0 spiro atoms. The molecule has 222 valence electrons. The van der Waals surface area contributed by atoms with Crippen LogP contribution in [0.4, 0.5) is 4.39 Å². The van der Waals surface area contributed by atoms with Gasteiger partial charge in [-0.3, -0.25) is 4.79 Å². The molecule has 2 unspecified atom stereocenters. The standard InChI is InChI=1S/C34H34Cl2FN5O/c1-18-23-17-28(27-9-5-15-41(27)34(43)20-10-11-20)42(26-12-14-39-19(26)2)33(23)24-16-21(6-4-13-38)29(31(37)32(24)40-18)22-7-3-8-25(35)30(22)36/h3,7-8,16-17,19-20,26-27,39H,4-6,9-12,14-15H2,1-2H3/t19-,26?,27?/m1/s1. The largest absolute Gasteiger partial charge is 0.337 e. The number of nitriles is 1. The molecule has 1 N–H and O–H groups in total. The third-order valence-electron chi connectivity index (χ3n) is 9.66. The van der Waals surface area contributed by atoms with E-state index in [0.717, 1.165) is 72.9 Å². The van der Waals surface area contributed by atoms with Crippen LogP contribution in [0.25, 0.3) is 32.9 Å². The van der Waals surface area contributed by atoms with Crippen molar-refractivity contribution < 1.29 is 9.18 Å². The summed E-state index contributed by atoms with van der Waals surface area (Å²) in [5.74, 6) is -0.0364. The molecular weight excluding hydrogens is 584 g/mol. The van der Waals surface area contributed by atoms with Gasteiger partial charge in [-0.15, -0.1) is 0 Å². The molecule has 2 aromatic carbocycles. The summed E-state index contributed by atoms with van der Waals surface area (Å²) in [5, 5.41) is 15.4. The number of aryl methyl sites for hydroxylation is 2. The molecule has 7 rings (SSSR count). The molecule has 1 amide bonds. The smallest absolute Gasteiger partial charge is 0.226 e. The molecule has 2 aromatic heterocycles. The van der Waals surface area contributed by atoms with Gasteiger partial charge >= 0.3 is 0 Å². The van der Waals surface area contributed by atoms with Crippen molar-refractivity contribution in [3.63, 3.8) is 0 Å². The summed E-state index contributed by atoms with van der Waals surface area (Å²) in [7, 11) is 0. The predicted molar refractivity (Wildman–Crippen MR) is 169 cm³/mol. The highest BCUT2D eigenvalue weighted by molar-refractivity contribution is 6.43. The highest BCUT2D eigenvalue weighted by Gasteiger charge is 2.41. The highest BCUT2D eigenvalue weighted by atomic mass is 35.5. The summed E-state index contributed by atoms with van der Waals surface area (Å²) in [6.45, 7) is 5.79. The monoisotopic (exact) mass is 617 g/mol. The number of hydrogen-bond donors (Lipinski definition) is 1. The van der Waals surface area contributed by atoms with Crippen LogP contribution in [0.5, 0.6) is 0 Å². The Kier molecular flexibility index (Phi) is 7.36. The van der Waals surface area contributed by atoms with Crippen molar-refractivity contribution >= 4 is 50.9 Å². The van der Waals surface area contributed by atoms with E-state index in [-0.39, 0.29) is 46.9 Å². The first-order chi connectivity index (χ1) is 20.8. The van der Waals surface area contributed by atoms with Gasteiger partial charge in [-0.05, 0) is 82.7 Å². The number of pyridine rings is 1. The zero-order valence-corrected chi connectivity index (χ0v) is 25.9. The minimum absolute atomic E-state index is 0.0183. The van der Waals surface area contributed by atoms with Crippen LogP contribution in [-0.2, 0) is 11.2 Å². The summed E-state index contributed by atoms with van der Waals surface area (Å²) in [6.07, 6.45) is 5.36. The molecule has 3 atom stereocenters. The van der Waals surface area contributed by atoms with E-state index in [2.05, 4.69) is 33.8 Å². The average Bonchev–Trinajstić information content (AvgIpc) is 3.37. The molecule has 0 radical (unpaired) electrons. The maximum atomic E-state index is 16.9. The Labute approximate surface area is 260 Å². The van der Waals surface area contributed by atoms with Gasteiger partial charge in [0.2, 0.25) is 5.91 Å². The Morgan fingerprint density at radius 1 is 1.19 bits per heavy atom. The molecule has 3 fully saturated rings. The number of likely N-dealkylation sites (tertiary alicyclic amines) is 1. The van der Waals surface area contributed by atoms with Crippen LogP contribution in [0.1, 0.15) is 74.5 Å². The topological polar surface area (TPSA) is 74.0 Å². The molecule has 1 saturated carbocycles. The van der Waals surface area contributed by atoms with Gasteiger partial charge in [0.1, 0.15) is 5.52 Å². The SMILES string of the molecule is Cc1nc2c(F)c(-c3cccc(Cl)c3Cl)c(CCC#N)cc2c2c1cc(C1CCCN1C(=O)C1CC1)n2C1CCN[C@@H]1C. The summed E-state index contributed by atoms with van der Waals surface area (Å²) in [6, 6.07) is 12.0. The second-order valence-electron chi connectivity index (χ2n) is 12.3. The number of carbonyl (C=O) groups is 1. The lowest BCUT2D eigenvalue weighted by molar-refractivity contribution is -0.133. The second kappa shape index (κ2) is 11.1. The third kappa shape index (κ3) is 4.70.